The molecule has 0 N–H and O–H groups in total. The summed E-state index contributed by atoms with van der Waals surface area (Å²) >= 11 is 6.15. The number of hydrogen-bond donors (Lipinski definition) is 0. The van der Waals surface area contributed by atoms with Crippen molar-refractivity contribution >= 4 is 38.9 Å². The number of fused-ring (bicyclic) bond motifs is 1. The molecular formula is C19H21ClN2O3S. The van der Waals surface area contributed by atoms with Gasteiger partial charge < -0.3 is 4.90 Å². The number of sulfonamides is 1. The van der Waals surface area contributed by atoms with Gasteiger partial charge in [-0.25, -0.2) is 8.42 Å². The summed E-state index contributed by atoms with van der Waals surface area (Å²) in [5, 5.41) is 0.341. The summed E-state index contributed by atoms with van der Waals surface area (Å²) in [5.41, 5.74) is 2.47. The zero-order valence-corrected chi connectivity index (χ0v) is 16.1. The molecule has 0 fully saturated rings. The van der Waals surface area contributed by atoms with Crippen LogP contribution in [0.1, 0.15) is 18.4 Å². The predicted octanol–water partition coefficient (Wildman–Crippen LogP) is 3.48. The Labute approximate surface area is 159 Å². The van der Waals surface area contributed by atoms with Crippen LogP contribution in [0.25, 0.3) is 0 Å². The number of anilines is 2. The predicted molar refractivity (Wildman–Crippen MR) is 105 cm³/mol. The van der Waals surface area contributed by atoms with Crippen LogP contribution >= 0.6 is 11.6 Å². The Morgan fingerprint density at radius 1 is 1.15 bits per heavy atom. The first-order valence-corrected chi connectivity index (χ1v) is 10.7. The number of halogens is 1. The van der Waals surface area contributed by atoms with Crippen molar-refractivity contribution in [1.82, 2.24) is 0 Å². The topological polar surface area (TPSA) is 57.7 Å². The summed E-state index contributed by atoms with van der Waals surface area (Å²) in [5.74, 6) is -0.0853. The van der Waals surface area contributed by atoms with E-state index in [4.69, 9.17) is 11.6 Å². The van der Waals surface area contributed by atoms with Gasteiger partial charge in [0.1, 0.15) is 0 Å². The number of nitrogens with zero attached hydrogens (tertiary/aromatic N) is 2. The third-order valence-corrected chi connectivity index (χ3v) is 5.96. The molecule has 0 bridgehead atoms. The fraction of sp³-hybridized carbons (Fsp3) is 0.316. The second-order valence-corrected chi connectivity index (χ2v) is 8.63. The quantitative estimate of drug-likeness (QED) is 0.782. The molecule has 26 heavy (non-hydrogen) atoms. The molecule has 1 heterocycles. The lowest BCUT2D eigenvalue weighted by Crippen LogP contribution is -2.39. The van der Waals surface area contributed by atoms with Crippen molar-refractivity contribution in [1.29, 1.82) is 0 Å². The van der Waals surface area contributed by atoms with Crippen molar-refractivity contribution in [3.8, 4) is 0 Å². The van der Waals surface area contributed by atoms with Crippen molar-refractivity contribution in [2.75, 3.05) is 28.6 Å². The lowest BCUT2D eigenvalue weighted by Gasteiger charge is -2.30. The van der Waals surface area contributed by atoms with Gasteiger partial charge in [-0.05, 0) is 36.6 Å². The normalized spacial score (nSPS) is 14.0. The maximum absolute atomic E-state index is 12.8. The van der Waals surface area contributed by atoms with Crippen LogP contribution in [0.2, 0.25) is 5.02 Å². The highest BCUT2D eigenvalue weighted by molar-refractivity contribution is 7.92. The maximum Gasteiger partial charge on any atom is 0.232 e. The van der Waals surface area contributed by atoms with E-state index in [-0.39, 0.29) is 18.9 Å². The third-order valence-electron chi connectivity index (χ3n) is 4.46. The van der Waals surface area contributed by atoms with E-state index in [1.54, 1.807) is 29.2 Å². The van der Waals surface area contributed by atoms with Gasteiger partial charge in [0.15, 0.2) is 0 Å². The smallest absolute Gasteiger partial charge is 0.232 e. The lowest BCUT2D eigenvalue weighted by atomic mass is 10.0. The first kappa shape index (κ1) is 18.7. The van der Waals surface area contributed by atoms with Gasteiger partial charge in [-0.1, -0.05) is 41.9 Å². The number of hydrogen-bond acceptors (Lipinski definition) is 3. The van der Waals surface area contributed by atoms with Gasteiger partial charge >= 0.3 is 0 Å². The highest BCUT2D eigenvalue weighted by atomic mass is 35.5. The van der Waals surface area contributed by atoms with E-state index in [0.29, 0.717) is 17.3 Å². The van der Waals surface area contributed by atoms with Crippen LogP contribution in [0, 0.1) is 0 Å². The molecule has 0 aromatic heterocycles. The average Bonchev–Trinajstić information content (AvgIpc) is 2.61. The molecule has 0 atom stereocenters. The minimum absolute atomic E-state index is 0.0556. The Kier molecular flexibility index (Phi) is 5.53. The van der Waals surface area contributed by atoms with Gasteiger partial charge in [0.2, 0.25) is 15.9 Å². The Morgan fingerprint density at radius 2 is 1.85 bits per heavy atom. The Hall–Kier alpha value is -2.05. The van der Waals surface area contributed by atoms with Gasteiger partial charge in [0, 0.05) is 25.2 Å². The van der Waals surface area contributed by atoms with E-state index >= 15 is 0 Å². The zero-order valence-electron chi connectivity index (χ0n) is 14.6. The first-order valence-electron chi connectivity index (χ1n) is 8.48. The maximum atomic E-state index is 12.8. The molecule has 1 aliphatic heterocycles. The first-order chi connectivity index (χ1) is 12.4. The van der Waals surface area contributed by atoms with Crippen molar-refractivity contribution in [2.24, 2.45) is 0 Å². The molecule has 2 aromatic carbocycles. The van der Waals surface area contributed by atoms with Crippen molar-refractivity contribution < 1.29 is 13.2 Å². The van der Waals surface area contributed by atoms with Gasteiger partial charge in [0.25, 0.3) is 0 Å². The fourth-order valence-electron chi connectivity index (χ4n) is 3.24. The molecule has 7 heteroatoms. The van der Waals surface area contributed by atoms with Crippen molar-refractivity contribution in [3.63, 3.8) is 0 Å². The number of aryl methyl sites for hydroxylation is 1. The van der Waals surface area contributed by atoms with Crippen molar-refractivity contribution in [2.45, 2.75) is 19.3 Å². The third kappa shape index (κ3) is 4.02. The molecule has 1 aliphatic rings. The molecule has 2 aromatic rings. The minimum atomic E-state index is -3.55. The highest BCUT2D eigenvalue weighted by Crippen LogP contribution is 2.29. The minimum Gasteiger partial charge on any atom is -0.312 e. The second-order valence-electron chi connectivity index (χ2n) is 6.31. The summed E-state index contributed by atoms with van der Waals surface area (Å²) < 4.78 is 25.6. The summed E-state index contributed by atoms with van der Waals surface area (Å²) in [6.07, 6.45) is 3.07. The van der Waals surface area contributed by atoms with Crippen LogP contribution in [0.4, 0.5) is 11.4 Å². The van der Waals surface area contributed by atoms with E-state index in [1.165, 1.54) is 4.31 Å². The number of benzene rings is 2. The molecule has 3 rings (SSSR count). The van der Waals surface area contributed by atoms with Gasteiger partial charge in [0.05, 0.1) is 17.0 Å². The van der Waals surface area contributed by atoms with Crippen LogP contribution in [0.3, 0.4) is 0 Å². The van der Waals surface area contributed by atoms with E-state index in [9.17, 15) is 13.2 Å². The number of para-hydroxylation sites is 2. The Bertz CT molecular complexity index is 915. The molecule has 0 saturated heterocycles. The van der Waals surface area contributed by atoms with Gasteiger partial charge in [-0.3, -0.25) is 9.10 Å². The van der Waals surface area contributed by atoms with Gasteiger partial charge in [-0.15, -0.1) is 0 Å². The molecule has 1 amide bonds. The molecule has 5 nitrogen and oxygen atoms in total. The van der Waals surface area contributed by atoms with E-state index in [0.717, 1.165) is 30.3 Å². The molecular weight excluding hydrogens is 372 g/mol. The molecule has 0 saturated carbocycles. The monoisotopic (exact) mass is 392 g/mol. The summed E-state index contributed by atoms with van der Waals surface area (Å²) in [7, 11) is -3.55. The molecule has 0 aliphatic carbocycles. The van der Waals surface area contributed by atoms with Crippen LogP contribution in [-0.2, 0) is 21.2 Å². The van der Waals surface area contributed by atoms with Crippen LogP contribution in [-0.4, -0.2) is 33.7 Å². The Balaban J connectivity index is 1.78. The van der Waals surface area contributed by atoms with Crippen molar-refractivity contribution in [3.05, 3.63) is 59.1 Å². The fourth-order valence-corrected chi connectivity index (χ4v) is 4.47. The van der Waals surface area contributed by atoms with Gasteiger partial charge in [-0.2, -0.15) is 0 Å². The standard InChI is InChI=1S/C19H21ClN2O3S/c1-26(24,25)22(18-11-5-3-9-16(18)20)14-12-19(23)21-13-6-8-15-7-2-4-10-17(15)21/h2-5,7,9-11H,6,8,12-14H2,1H3. The summed E-state index contributed by atoms with van der Waals surface area (Å²) in [4.78, 5) is 14.5. The molecule has 0 radical (unpaired) electrons. The number of carbonyl (C=O) groups is 1. The number of rotatable bonds is 5. The second kappa shape index (κ2) is 7.68. The zero-order chi connectivity index (χ0) is 18.7. The van der Waals surface area contributed by atoms with E-state index < -0.39 is 10.0 Å². The molecule has 0 spiro atoms. The molecule has 138 valence electrons. The molecule has 0 unspecified atom stereocenters. The summed E-state index contributed by atoms with van der Waals surface area (Å²) in [6, 6.07) is 14.6. The highest BCUT2D eigenvalue weighted by Gasteiger charge is 2.25. The van der Waals surface area contributed by atoms with Crippen LogP contribution in [0.5, 0.6) is 0 Å². The number of carbonyl (C=O) groups excluding carboxylic acids is 1. The SMILES string of the molecule is CS(=O)(=O)N(CCC(=O)N1CCCc2ccccc21)c1ccccc1Cl. The van der Waals surface area contributed by atoms with Crippen LogP contribution in [0.15, 0.2) is 48.5 Å². The van der Waals surface area contributed by atoms with E-state index in [2.05, 4.69) is 0 Å². The number of amides is 1. The summed E-state index contributed by atoms with van der Waals surface area (Å²) in [6.45, 7) is 0.709. The average molecular weight is 393 g/mol. The Morgan fingerprint density at radius 3 is 2.58 bits per heavy atom. The van der Waals surface area contributed by atoms with Crippen LogP contribution < -0.4 is 9.21 Å². The lowest BCUT2D eigenvalue weighted by molar-refractivity contribution is -0.118. The van der Waals surface area contributed by atoms with E-state index in [1.807, 2.05) is 24.3 Å². The largest absolute Gasteiger partial charge is 0.312 e.